The lowest BCUT2D eigenvalue weighted by molar-refractivity contribution is -0.149. The molecule has 0 radical (unpaired) electrons. The molecule has 0 spiro atoms. The molecule has 1 unspecified atom stereocenters. The van der Waals surface area contributed by atoms with Crippen molar-refractivity contribution in [1.29, 1.82) is 0 Å². The molecule has 2 saturated carbocycles. The molecule has 0 aromatic heterocycles. The molecular formula is C42H63N7O10. The van der Waals surface area contributed by atoms with Gasteiger partial charge in [-0.15, -0.1) is 0 Å². The van der Waals surface area contributed by atoms with Gasteiger partial charge in [-0.25, -0.2) is 9.59 Å². The molecule has 1 aliphatic heterocycles. The fourth-order valence-electron chi connectivity index (χ4n) is 8.53. The van der Waals surface area contributed by atoms with E-state index >= 15 is 0 Å². The van der Waals surface area contributed by atoms with Crippen LogP contribution in [0, 0.1) is 17.3 Å². The second-order valence-corrected chi connectivity index (χ2v) is 17.0. The van der Waals surface area contributed by atoms with Gasteiger partial charge in [-0.05, 0) is 68.3 Å². The van der Waals surface area contributed by atoms with Crippen molar-refractivity contribution in [3.8, 4) is 0 Å². The van der Waals surface area contributed by atoms with Crippen molar-refractivity contribution in [3.05, 3.63) is 35.9 Å². The standard InChI is InChI=1S/C42H63N7O10/c1-8-15-29(33(50)38(54)44-24(2)25-16-11-9-12-17-25)45-37(53)32-27-20-21-28(22-27)49(32)39(55)34(42(3,4)5)48-36(52)31(26-18-13-10-14-19-26)47-35(51)30(46-41(57)59-7)23-43-40(56)58-6/h9,11-12,16-17,24,26-32,34H,8,10,13-15,18-23H2,1-7H3,(H,43,56)(H,44,54)(H,45,53)(H,46,57)(H,47,51)(H,48,52)/t24-,27-,28+,29?,30-,31-,32-,34+/m0/s1. The number of nitrogens with one attached hydrogen (secondary N) is 6. The van der Waals surface area contributed by atoms with Crippen LogP contribution in [0.2, 0.25) is 0 Å². The summed E-state index contributed by atoms with van der Waals surface area (Å²) < 4.78 is 9.27. The van der Waals surface area contributed by atoms with Gasteiger partial charge in [0.2, 0.25) is 29.4 Å². The van der Waals surface area contributed by atoms with Crippen molar-refractivity contribution in [1.82, 2.24) is 36.8 Å². The highest BCUT2D eigenvalue weighted by Crippen LogP contribution is 2.44. The zero-order chi connectivity index (χ0) is 43.4. The van der Waals surface area contributed by atoms with E-state index in [1.165, 1.54) is 0 Å². The van der Waals surface area contributed by atoms with E-state index in [-0.39, 0.29) is 30.8 Å². The van der Waals surface area contributed by atoms with Gasteiger partial charge in [0, 0.05) is 6.04 Å². The number of hydrogen-bond acceptors (Lipinski definition) is 10. The molecule has 2 bridgehead atoms. The largest absolute Gasteiger partial charge is 0.453 e. The van der Waals surface area contributed by atoms with Gasteiger partial charge in [-0.3, -0.25) is 28.8 Å². The minimum atomic E-state index is -1.33. The van der Waals surface area contributed by atoms with Gasteiger partial charge in [0.1, 0.15) is 24.2 Å². The van der Waals surface area contributed by atoms with Crippen LogP contribution in [0.5, 0.6) is 0 Å². The number of hydrogen-bond donors (Lipinski definition) is 6. The van der Waals surface area contributed by atoms with E-state index in [9.17, 15) is 38.4 Å². The smallest absolute Gasteiger partial charge is 0.407 e. The zero-order valence-electron chi connectivity index (χ0n) is 35.4. The van der Waals surface area contributed by atoms with Gasteiger partial charge in [-0.2, -0.15) is 0 Å². The Morgan fingerprint density at radius 3 is 2.05 bits per heavy atom. The number of ketones is 1. The molecule has 6 N–H and O–H groups in total. The number of benzene rings is 1. The highest BCUT2D eigenvalue weighted by molar-refractivity contribution is 6.38. The molecular weight excluding hydrogens is 763 g/mol. The lowest BCUT2D eigenvalue weighted by Crippen LogP contribution is -2.64. The van der Waals surface area contributed by atoms with E-state index < -0.39 is 89.2 Å². The van der Waals surface area contributed by atoms with Crippen molar-refractivity contribution in [2.45, 2.75) is 141 Å². The number of Topliss-reactive ketones (excluding diaryl/α,β-unsaturated/α-hetero) is 1. The number of rotatable bonds is 17. The van der Waals surface area contributed by atoms with Gasteiger partial charge in [-0.1, -0.05) is 83.7 Å². The van der Waals surface area contributed by atoms with E-state index in [1.807, 2.05) is 37.3 Å². The highest BCUT2D eigenvalue weighted by Gasteiger charge is 2.54. The van der Waals surface area contributed by atoms with Crippen LogP contribution in [0.1, 0.15) is 110 Å². The molecule has 326 valence electrons. The number of methoxy groups -OCH3 is 2. The average molecular weight is 826 g/mol. The minimum Gasteiger partial charge on any atom is -0.453 e. The van der Waals surface area contributed by atoms with Crippen LogP contribution >= 0.6 is 0 Å². The summed E-state index contributed by atoms with van der Waals surface area (Å²) in [5.41, 5.74) is -0.0359. The first-order valence-corrected chi connectivity index (χ1v) is 20.8. The van der Waals surface area contributed by atoms with Crippen LogP contribution in [-0.4, -0.2) is 109 Å². The van der Waals surface area contributed by atoms with E-state index in [0.29, 0.717) is 38.5 Å². The summed E-state index contributed by atoms with van der Waals surface area (Å²) in [6.07, 6.45) is 4.75. The van der Waals surface area contributed by atoms with Crippen LogP contribution in [0.4, 0.5) is 9.59 Å². The van der Waals surface area contributed by atoms with Crippen molar-refractivity contribution in [3.63, 3.8) is 0 Å². The summed E-state index contributed by atoms with van der Waals surface area (Å²) in [6, 6.07) is 2.89. The first-order chi connectivity index (χ1) is 28.0. The van der Waals surface area contributed by atoms with Gasteiger partial charge in [0.25, 0.3) is 5.91 Å². The molecule has 8 atom stereocenters. The molecule has 7 amide bonds. The van der Waals surface area contributed by atoms with Crippen LogP contribution in [-0.2, 0) is 38.2 Å². The fourth-order valence-corrected chi connectivity index (χ4v) is 8.53. The summed E-state index contributed by atoms with van der Waals surface area (Å²) in [6.45, 7) is 8.65. The van der Waals surface area contributed by atoms with Crippen LogP contribution in [0.15, 0.2) is 30.3 Å². The van der Waals surface area contributed by atoms with Crippen LogP contribution in [0.25, 0.3) is 0 Å². The Balaban J connectivity index is 1.55. The predicted molar refractivity (Wildman–Crippen MR) is 216 cm³/mol. The first-order valence-electron chi connectivity index (χ1n) is 20.8. The molecule has 17 nitrogen and oxygen atoms in total. The number of likely N-dealkylation sites (tertiary alicyclic amines) is 1. The van der Waals surface area contributed by atoms with Crippen LogP contribution < -0.4 is 31.9 Å². The number of carbonyl (C=O) groups excluding carboxylic acids is 8. The molecule has 1 saturated heterocycles. The van der Waals surface area contributed by atoms with E-state index in [1.54, 1.807) is 32.6 Å². The second-order valence-electron chi connectivity index (χ2n) is 17.0. The number of piperidine rings is 1. The maximum absolute atomic E-state index is 14.8. The Morgan fingerprint density at radius 1 is 0.780 bits per heavy atom. The lowest BCUT2D eigenvalue weighted by Gasteiger charge is -2.41. The topological polar surface area (TPSA) is 230 Å². The quantitative estimate of drug-likeness (QED) is 0.126. The molecule has 2 aliphatic carbocycles. The number of nitrogens with zero attached hydrogens (tertiary/aromatic N) is 1. The maximum Gasteiger partial charge on any atom is 0.407 e. The summed E-state index contributed by atoms with van der Waals surface area (Å²) in [5.74, 6) is -4.43. The number of carbonyl (C=O) groups is 8. The van der Waals surface area contributed by atoms with Gasteiger partial charge < -0.3 is 46.3 Å². The van der Waals surface area contributed by atoms with Crippen molar-refractivity contribution in [2.24, 2.45) is 17.3 Å². The molecule has 17 heteroatoms. The van der Waals surface area contributed by atoms with E-state index in [2.05, 4.69) is 41.4 Å². The van der Waals surface area contributed by atoms with E-state index in [0.717, 1.165) is 39.0 Å². The molecule has 4 rings (SSSR count). The van der Waals surface area contributed by atoms with Gasteiger partial charge in [0.05, 0.1) is 32.8 Å². The Bertz CT molecular complexity index is 1680. The third kappa shape index (κ3) is 12.2. The summed E-state index contributed by atoms with van der Waals surface area (Å²) in [7, 11) is 2.27. The number of alkyl carbamates (subject to hydrolysis) is 2. The molecule has 3 aliphatic rings. The van der Waals surface area contributed by atoms with Crippen molar-refractivity contribution < 1.29 is 47.8 Å². The monoisotopic (exact) mass is 825 g/mol. The third-order valence-electron chi connectivity index (χ3n) is 11.7. The highest BCUT2D eigenvalue weighted by atomic mass is 16.5. The number of fused-ring (bicyclic) bond motifs is 2. The fraction of sp³-hybridized carbons (Fsp3) is 0.667. The molecule has 59 heavy (non-hydrogen) atoms. The normalized spacial score (nSPS) is 21.4. The summed E-state index contributed by atoms with van der Waals surface area (Å²) >= 11 is 0. The Morgan fingerprint density at radius 2 is 1.44 bits per heavy atom. The Hall–Kier alpha value is -5.22. The predicted octanol–water partition coefficient (Wildman–Crippen LogP) is 2.77. The lowest BCUT2D eigenvalue weighted by atomic mass is 9.81. The minimum absolute atomic E-state index is 0.184. The molecule has 1 heterocycles. The maximum atomic E-state index is 14.8. The summed E-state index contributed by atoms with van der Waals surface area (Å²) in [5, 5.41) is 16.0. The molecule has 1 aromatic carbocycles. The Labute approximate surface area is 346 Å². The second kappa shape index (κ2) is 21.2. The van der Waals surface area contributed by atoms with Gasteiger partial charge in [0.15, 0.2) is 0 Å². The van der Waals surface area contributed by atoms with E-state index in [4.69, 9.17) is 0 Å². The zero-order valence-corrected chi connectivity index (χ0v) is 35.4. The first kappa shape index (κ1) is 46.5. The van der Waals surface area contributed by atoms with Crippen LogP contribution in [0.3, 0.4) is 0 Å². The summed E-state index contributed by atoms with van der Waals surface area (Å²) in [4.78, 5) is 109. The van der Waals surface area contributed by atoms with Crippen molar-refractivity contribution in [2.75, 3.05) is 20.8 Å². The Kier molecular flexibility index (Phi) is 16.7. The van der Waals surface area contributed by atoms with Gasteiger partial charge >= 0.3 is 12.2 Å². The SMILES string of the molecule is CCCC(NC(=O)[C@@H]1[C@H]2CC[C@H](C2)N1C(=O)[C@@H](NC(=O)[C@@H](NC(=O)[C@H](CNC(=O)OC)NC(=O)OC)C1CCCCC1)C(C)(C)C)C(=O)C(=O)N[C@@H](C)c1ccccc1. The van der Waals surface area contributed by atoms with Crippen molar-refractivity contribution >= 4 is 47.5 Å². The molecule has 3 fully saturated rings. The third-order valence-corrected chi connectivity index (χ3v) is 11.7. The number of ether oxygens (including phenoxy) is 2. The molecule has 1 aromatic rings. The average Bonchev–Trinajstić information content (AvgIpc) is 3.85. The number of amides is 7.